The number of benzene rings is 1. The lowest BCUT2D eigenvalue weighted by Gasteiger charge is -2.13. The molecule has 0 aliphatic heterocycles. The highest BCUT2D eigenvalue weighted by molar-refractivity contribution is 5.25. The summed E-state index contributed by atoms with van der Waals surface area (Å²) in [6.07, 6.45) is -12.1. The zero-order valence-electron chi connectivity index (χ0n) is 9.02. The van der Waals surface area contributed by atoms with Gasteiger partial charge in [-0.25, -0.2) is 0 Å². The molecule has 0 aliphatic rings. The van der Waals surface area contributed by atoms with E-state index in [4.69, 9.17) is 0 Å². The Balaban J connectivity index is 2.68. The van der Waals surface area contributed by atoms with Crippen molar-refractivity contribution < 1.29 is 31.4 Å². The molecule has 0 aliphatic carbocycles. The van der Waals surface area contributed by atoms with Crippen LogP contribution in [0.4, 0.5) is 26.3 Å². The van der Waals surface area contributed by atoms with E-state index in [2.05, 4.69) is 0 Å². The molecular weight excluding hydrogens is 262 g/mol. The van der Waals surface area contributed by atoms with E-state index in [1.807, 2.05) is 0 Å². The van der Waals surface area contributed by atoms with Crippen molar-refractivity contribution in [3.63, 3.8) is 0 Å². The molecule has 7 heteroatoms. The SMILES string of the molecule is OC(CCC(F)(F)F)c1ccc(C(F)(F)F)cc1. The summed E-state index contributed by atoms with van der Waals surface area (Å²) in [4.78, 5) is 0. The smallest absolute Gasteiger partial charge is 0.388 e. The second-order valence-electron chi connectivity index (χ2n) is 3.79. The van der Waals surface area contributed by atoms with Crippen LogP contribution in [0, 0.1) is 0 Å². The van der Waals surface area contributed by atoms with E-state index in [1.54, 1.807) is 0 Å². The third-order valence-corrected chi connectivity index (χ3v) is 2.32. The lowest BCUT2D eigenvalue weighted by Crippen LogP contribution is -2.10. The van der Waals surface area contributed by atoms with Crippen molar-refractivity contribution in [1.29, 1.82) is 0 Å². The van der Waals surface area contributed by atoms with Gasteiger partial charge in [0.25, 0.3) is 0 Å². The predicted octanol–water partition coefficient (Wildman–Crippen LogP) is 4.08. The van der Waals surface area contributed by atoms with E-state index in [0.29, 0.717) is 0 Å². The third-order valence-electron chi connectivity index (χ3n) is 2.32. The second kappa shape index (κ2) is 5.17. The summed E-state index contributed by atoms with van der Waals surface area (Å²) in [5.41, 5.74) is -0.874. The Morgan fingerprint density at radius 2 is 1.44 bits per heavy atom. The highest BCUT2D eigenvalue weighted by atomic mass is 19.4. The fourth-order valence-corrected chi connectivity index (χ4v) is 1.36. The van der Waals surface area contributed by atoms with Gasteiger partial charge in [-0.2, -0.15) is 26.3 Å². The number of rotatable bonds is 3. The van der Waals surface area contributed by atoms with Gasteiger partial charge in [0.1, 0.15) is 0 Å². The molecule has 1 nitrogen and oxygen atoms in total. The minimum Gasteiger partial charge on any atom is -0.388 e. The summed E-state index contributed by atoms with van der Waals surface area (Å²) in [6.45, 7) is 0. The molecule has 0 aromatic heterocycles. The molecule has 0 saturated carbocycles. The maximum absolute atomic E-state index is 12.2. The molecule has 1 unspecified atom stereocenters. The van der Waals surface area contributed by atoms with Crippen molar-refractivity contribution in [2.24, 2.45) is 0 Å². The normalized spacial score (nSPS) is 14.6. The Bertz CT molecular complexity index is 378. The van der Waals surface area contributed by atoms with E-state index in [1.165, 1.54) is 0 Å². The average Bonchev–Trinajstić information content (AvgIpc) is 2.24. The Morgan fingerprint density at radius 1 is 0.944 bits per heavy atom. The first-order chi connectivity index (χ1) is 8.09. The van der Waals surface area contributed by atoms with Crippen LogP contribution in [-0.2, 0) is 6.18 Å². The molecule has 0 amide bonds. The molecule has 0 fully saturated rings. The van der Waals surface area contributed by atoms with Crippen molar-refractivity contribution in [1.82, 2.24) is 0 Å². The van der Waals surface area contributed by atoms with E-state index in [-0.39, 0.29) is 5.56 Å². The van der Waals surface area contributed by atoms with Crippen LogP contribution in [0.1, 0.15) is 30.1 Å². The molecule has 0 spiro atoms. The second-order valence-corrected chi connectivity index (χ2v) is 3.79. The molecule has 18 heavy (non-hydrogen) atoms. The van der Waals surface area contributed by atoms with Gasteiger partial charge in [-0.05, 0) is 24.1 Å². The molecule has 0 bridgehead atoms. The summed E-state index contributed by atoms with van der Waals surface area (Å²) in [5, 5.41) is 9.40. The van der Waals surface area contributed by atoms with Gasteiger partial charge in [0.15, 0.2) is 0 Å². The van der Waals surface area contributed by atoms with Gasteiger partial charge in [-0.3, -0.25) is 0 Å². The number of hydrogen-bond acceptors (Lipinski definition) is 1. The molecule has 102 valence electrons. The van der Waals surface area contributed by atoms with Gasteiger partial charge in [0.2, 0.25) is 0 Å². The summed E-state index contributed by atoms with van der Waals surface area (Å²) >= 11 is 0. The summed E-state index contributed by atoms with van der Waals surface area (Å²) in [5.74, 6) is 0. The van der Waals surface area contributed by atoms with Crippen LogP contribution in [0.2, 0.25) is 0 Å². The Morgan fingerprint density at radius 3 is 1.83 bits per heavy atom. The lowest BCUT2D eigenvalue weighted by molar-refractivity contribution is -0.140. The van der Waals surface area contributed by atoms with Gasteiger partial charge < -0.3 is 5.11 Å². The maximum Gasteiger partial charge on any atom is 0.416 e. The molecule has 1 N–H and O–H groups in total. The van der Waals surface area contributed by atoms with Gasteiger partial charge >= 0.3 is 12.4 Å². The van der Waals surface area contributed by atoms with Crippen molar-refractivity contribution in [3.8, 4) is 0 Å². The predicted molar refractivity (Wildman–Crippen MR) is 51.7 cm³/mol. The Kier molecular flexibility index (Phi) is 4.26. The van der Waals surface area contributed by atoms with Crippen molar-refractivity contribution in [2.75, 3.05) is 0 Å². The molecule has 0 radical (unpaired) electrons. The standard InChI is InChI=1S/C11H10F6O/c12-10(13,14)6-5-9(18)7-1-3-8(4-2-7)11(15,16)17/h1-4,9,18H,5-6H2. The van der Waals surface area contributed by atoms with Crippen LogP contribution in [0.5, 0.6) is 0 Å². The largest absolute Gasteiger partial charge is 0.416 e. The van der Waals surface area contributed by atoms with Crippen LogP contribution >= 0.6 is 0 Å². The number of aliphatic hydroxyl groups excluding tert-OH is 1. The molecule has 1 aromatic rings. The monoisotopic (exact) mass is 272 g/mol. The summed E-state index contributed by atoms with van der Waals surface area (Å²) < 4.78 is 72.3. The van der Waals surface area contributed by atoms with Crippen LogP contribution in [-0.4, -0.2) is 11.3 Å². The maximum atomic E-state index is 12.2. The van der Waals surface area contributed by atoms with E-state index < -0.39 is 36.9 Å². The fraction of sp³-hybridized carbons (Fsp3) is 0.455. The molecule has 1 rings (SSSR count). The molecule has 0 saturated heterocycles. The van der Waals surface area contributed by atoms with Crippen LogP contribution < -0.4 is 0 Å². The van der Waals surface area contributed by atoms with E-state index in [0.717, 1.165) is 24.3 Å². The van der Waals surface area contributed by atoms with Gasteiger partial charge in [0, 0.05) is 6.42 Å². The molecule has 1 atom stereocenters. The van der Waals surface area contributed by atoms with Gasteiger partial charge in [-0.15, -0.1) is 0 Å². The minimum atomic E-state index is -4.50. The van der Waals surface area contributed by atoms with Crippen LogP contribution in [0.3, 0.4) is 0 Å². The minimum absolute atomic E-state index is 0.0345. The number of alkyl halides is 6. The molecule has 1 aromatic carbocycles. The first-order valence-electron chi connectivity index (χ1n) is 5.01. The topological polar surface area (TPSA) is 20.2 Å². The van der Waals surface area contributed by atoms with Crippen LogP contribution in [0.15, 0.2) is 24.3 Å². The number of hydrogen-bond donors (Lipinski definition) is 1. The van der Waals surface area contributed by atoms with E-state index in [9.17, 15) is 31.4 Å². The highest BCUT2D eigenvalue weighted by Gasteiger charge is 2.31. The van der Waals surface area contributed by atoms with Crippen molar-refractivity contribution >= 4 is 0 Å². The Hall–Kier alpha value is -1.24. The Labute approximate surface area is 99.0 Å². The van der Waals surface area contributed by atoms with Crippen LogP contribution in [0.25, 0.3) is 0 Å². The van der Waals surface area contributed by atoms with Crippen molar-refractivity contribution in [2.45, 2.75) is 31.3 Å². The third kappa shape index (κ3) is 4.56. The number of aliphatic hydroxyl groups is 1. The average molecular weight is 272 g/mol. The first kappa shape index (κ1) is 14.8. The number of halogens is 6. The fourth-order valence-electron chi connectivity index (χ4n) is 1.36. The highest BCUT2D eigenvalue weighted by Crippen LogP contribution is 2.31. The first-order valence-corrected chi connectivity index (χ1v) is 5.01. The zero-order valence-corrected chi connectivity index (χ0v) is 9.02. The van der Waals surface area contributed by atoms with Gasteiger partial charge in [-0.1, -0.05) is 12.1 Å². The van der Waals surface area contributed by atoms with Gasteiger partial charge in [0.05, 0.1) is 11.7 Å². The summed E-state index contributed by atoms with van der Waals surface area (Å²) in [7, 11) is 0. The zero-order chi connectivity index (χ0) is 14.0. The summed E-state index contributed by atoms with van der Waals surface area (Å²) in [6, 6.07) is 3.41. The van der Waals surface area contributed by atoms with Crippen molar-refractivity contribution in [3.05, 3.63) is 35.4 Å². The molecule has 0 heterocycles. The molecular formula is C11H10F6O. The van der Waals surface area contributed by atoms with E-state index >= 15 is 0 Å². The lowest BCUT2D eigenvalue weighted by atomic mass is 10.0. The quantitative estimate of drug-likeness (QED) is 0.822.